The first-order chi connectivity index (χ1) is 24.6. The predicted molar refractivity (Wildman–Crippen MR) is 205 cm³/mol. The van der Waals surface area contributed by atoms with Gasteiger partial charge in [0.05, 0.1) is 23.4 Å². The third kappa shape index (κ3) is 5.40. The lowest BCUT2D eigenvalue weighted by Gasteiger charge is -2.47. The lowest BCUT2D eigenvalue weighted by molar-refractivity contribution is 0.194. The van der Waals surface area contributed by atoms with Gasteiger partial charge in [0.15, 0.2) is 0 Å². The molecule has 0 aliphatic heterocycles. The quantitative estimate of drug-likeness (QED) is 0.113. The number of hydrogen-bond acceptors (Lipinski definition) is 2. The van der Waals surface area contributed by atoms with Crippen molar-refractivity contribution in [1.29, 1.82) is 0 Å². The van der Waals surface area contributed by atoms with E-state index in [0.717, 1.165) is 41.1 Å². The highest BCUT2D eigenvalue weighted by Crippen LogP contribution is 2.54. The van der Waals surface area contributed by atoms with Crippen molar-refractivity contribution in [1.82, 2.24) is 9.55 Å². The molecule has 1 aliphatic carbocycles. The second-order valence-corrected chi connectivity index (χ2v) is 13.7. The molecule has 0 bridgehead atoms. The van der Waals surface area contributed by atoms with Crippen LogP contribution in [0, 0.1) is 12.8 Å². The van der Waals surface area contributed by atoms with Gasteiger partial charge in [0.2, 0.25) is 0 Å². The van der Waals surface area contributed by atoms with Gasteiger partial charge >= 0.3 is 0 Å². The van der Waals surface area contributed by atoms with Crippen LogP contribution in [0.5, 0.6) is 0 Å². The zero-order valence-electron chi connectivity index (χ0n) is 28.7. The number of nitrogens with zero attached hydrogens (tertiary/aromatic N) is 3. The molecule has 1 saturated carbocycles. The molecule has 1 aliphatic rings. The second-order valence-electron chi connectivity index (χ2n) is 13.7. The van der Waals surface area contributed by atoms with E-state index in [1.165, 1.54) is 27.9 Å². The molecule has 1 aromatic heterocycles. The van der Waals surface area contributed by atoms with Gasteiger partial charge in [-0.3, -0.25) is 0 Å². The minimum atomic E-state index is -0.609. The predicted octanol–water partition coefficient (Wildman–Crippen LogP) is 10.9. The van der Waals surface area contributed by atoms with Crippen LogP contribution in [0.2, 0.25) is 0 Å². The highest BCUT2D eigenvalue weighted by Gasteiger charge is 2.49. The van der Waals surface area contributed by atoms with E-state index < -0.39 is 5.54 Å². The Hall–Kier alpha value is -5.80. The summed E-state index contributed by atoms with van der Waals surface area (Å²) in [5.41, 5.74) is 10.5. The minimum Gasteiger partial charge on any atom is -0.316 e. The van der Waals surface area contributed by atoms with Crippen LogP contribution < -0.4 is 0 Å². The van der Waals surface area contributed by atoms with Crippen molar-refractivity contribution >= 4 is 11.4 Å². The topological polar surface area (TPSA) is 30.2 Å². The largest absolute Gasteiger partial charge is 0.316 e. The normalized spacial score (nSPS) is 17.1. The van der Waals surface area contributed by atoms with E-state index in [1.807, 2.05) is 0 Å². The first-order valence-corrected chi connectivity index (χ1v) is 17.6. The smallest absolute Gasteiger partial charge is 0.121 e. The Morgan fingerprint density at radius 3 is 1.54 bits per heavy atom. The average Bonchev–Trinajstić information content (AvgIpc) is 3.56. The van der Waals surface area contributed by atoms with Crippen LogP contribution in [0.15, 0.2) is 187 Å². The maximum absolute atomic E-state index is 5.38. The van der Waals surface area contributed by atoms with E-state index in [4.69, 9.17) is 9.98 Å². The lowest BCUT2D eigenvalue weighted by Crippen LogP contribution is -2.43. The van der Waals surface area contributed by atoms with E-state index in [0.29, 0.717) is 5.92 Å². The molecule has 0 spiro atoms. The SMILES string of the molecule is Cc1c(C2(c3cccc(N=C(c4ccccc4)c4ccccc4)c3)CC(C)C2)ncn1C(c1ccccc1)(c1ccccc1)c1ccccc1. The molecular formula is C47H41N3. The zero-order chi connectivity index (χ0) is 34.0. The van der Waals surface area contributed by atoms with E-state index in [2.05, 4.69) is 201 Å². The van der Waals surface area contributed by atoms with Crippen molar-refractivity contribution in [3.05, 3.63) is 227 Å². The fourth-order valence-electron chi connectivity index (χ4n) is 8.36. The first-order valence-electron chi connectivity index (χ1n) is 17.6. The maximum Gasteiger partial charge on any atom is 0.121 e. The molecule has 244 valence electrons. The highest BCUT2D eigenvalue weighted by molar-refractivity contribution is 6.13. The molecule has 0 saturated heterocycles. The average molecular weight is 648 g/mol. The van der Waals surface area contributed by atoms with Crippen molar-refractivity contribution in [2.24, 2.45) is 10.9 Å². The molecule has 1 heterocycles. The summed E-state index contributed by atoms with van der Waals surface area (Å²) < 4.78 is 2.43. The first kappa shape index (κ1) is 31.5. The summed E-state index contributed by atoms with van der Waals surface area (Å²) in [5, 5.41) is 0. The number of rotatable bonds is 9. The third-order valence-electron chi connectivity index (χ3n) is 10.5. The second kappa shape index (κ2) is 13.2. The molecule has 1 fully saturated rings. The Labute approximate surface area is 295 Å². The van der Waals surface area contributed by atoms with Gasteiger partial charge in [-0.15, -0.1) is 0 Å². The molecular weight excluding hydrogens is 607 g/mol. The van der Waals surface area contributed by atoms with E-state index in [1.54, 1.807) is 0 Å². The van der Waals surface area contributed by atoms with Gasteiger partial charge in [-0.1, -0.05) is 171 Å². The van der Waals surface area contributed by atoms with Crippen molar-refractivity contribution in [2.75, 3.05) is 0 Å². The van der Waals surface area contributed by atoms with Crippen LogP contribution >= 0.6 is 0 Å². The number of benzene rings is 6. The van der Waals surface area contributed by atoms with Crippen molar-refractivity contribution in [3.8, 4) is 0 Å². The summed E-state index contributed by atoms with van der Waals surface area (Å²) in [6.45, 7) is 4.62. The number of hydrogen-bond donors (Lipinski definition) is 0. The highest BCUT2D eigenvalue weighted by atomic mass is 15.1. The molecule has 6 aromatic carbocycles. The van der Waals surface area contributed by atoms with Crippen LogP contribution in [0.3, 0.4) is 0 Å². The van der Waals surface area contributed by atoms with Gasteiger partial charge in [-0.2, -0.15) is 0 Å². The Morgan fingerprint density at radius 1 is 0.620 bits per heavy atom. The summed E-state index contributed by atoms with van der Waals surface area (Å²) in [4.78, 5) is 10.7. The van der Waals surface area contributed by atoms with Gasteiger partial charge in [-0.25, -0.2) is 9.98 Å². The monoisotopic (exact) mass is 647 g/mol. The van der Waals surface area contributed by atoms with Gasteiger partial charge < -0.3 is 4.57 Å². The summed E-state index contributed by atoms with van der Waals surface area (Å²) in [6, 6.07) is 62.5. The van der Waals surface area contributed by atoms with Gasteiger partial charge in [0.1, 0.15) is 5.54 Å². The summed E-state index contributed by atoms with van der Waals surface area (Å²) in [5.74, 6) is 0.595. The standard InChI is InChI=1S/C47H41N3/c1-35-32-46(33-35,42-29-18-30-43(31-42)49-44(37-19-8-3-9-20-37)38-21-10-4-11-22-38)45-36(2)50(34-48-45)47(39-23-12-5-13-24-39,40-25-14-6-15-26-40)41-27-16-7-17-28-41/h3-31,34-35H,32-33H2,1-2H3. The van der Waals surface area contributed by atoms with Crippen molar-refractivity contribution in [3.63, 3.8) is 0 Å². The Balaban J connectivity index is 1.30. The van der Waals surface area contributed by atoms with E-state index >= 15 is 0 Å². The van der Waals surface area contributed by atoms with E-state index in [9.17, 15) is 0 Å². The van der Waals surface area contributed by atoms with Crippen LogP contribution in [0.4, 0.5) is 5.69 Å². The summed E-state index contributed by atoms with van der Waals surface area (Å²) in [6.07, 6.45) is 4.17. The molecule has 0 N–H and O–H groups in total. The summed E-state index contributed by atoms with van der Waals surface area (Å²) >= 11 is 0. The molecule has 50 heavy (non-hydrogen) atoms. The maximum atomic E-state index is 5.38. The fourth-order valence-corrected chi connectivity index (χ4v) is 8.36. The van der Waals surface area contributed by atoms with E-state index in [-0.39, 0.29) is 5.41 Å². The number of aromatic nitrogens is 2. The Morgan fingerprint density at radius 2 is 1.08 bits per heavy atom. The van der Waals surface area contributed by atoms with Crippen LogP contribution in [-0.4, -0.2) is 15.3 Å². The minimum absolute atomic E-state index is 0.213. The molecule has 0 atom stereocenters. The molecule has 0 radical (unpaired) electrons. The van der Waals surface area contributed by atoms with Gasteiger partial charge in [0.25, 0.3) is 0 Å². The molecule has 8 rings (SSSR count). The Kier molecular flexibility index (Phi) is 8.34. The molecule has 3 nitrogen and oxygen atoms in total. The third-order valence-corrected chi connectivity index (χ3v) is 10.5. The van der Waals surface area contributed by atoms with Crippen LogP contribution in [0.1, 0.15) is 64.5 Å². The zero-order valence-corrected chi connectivity index (χ0v) is 28.7. The summed E-state index contributed by atoms with van der Waals surface area (Å²) in [7, 11) is 0. The fraction of sp³-hybridized carbons (Fsp3) is 0.149. The molecule has 7 aromatic rings. The molecule has 3 heteroatoms. The number of aliphatic imine (C=N–C) groups is 1. The van der Waals surface area contributed by atoms with Crippen molar-refractivity contribution < 1.29 is 0 Å². The molecule has 0 amide bonds. The van der Waals surface area contributed by atoms with Gasteiger partial charge in [0, 0.05) is 22.2 Å². The Bertz CT molecular complexity index is 2080. The van der Waals surface area contributed by atoms with Gasteiger partial charge in [-0.05, 0) is 60.1 Å². The van der Waals surface area contributed by atoms with Crippen molar-refractivity contribution in [2.45, 2.75) is 37.6 Å². The van der Waals surface area contributed by atoms with Crippen LogP contribution in [0.25, 0.3) is 0 Å². The lowest BCUT2D eigenvalue weighted by atomic mass is 9.57. The number of imidazole rings is 1. The van der Waals surface area contributed by atoms with Crippen LogP contribution in [-0.2, 0) is 11.0 Å². The molecule has 0 unspecified atom stereocenters.